The van der Waals surface area contributed by atoms with E-state index >= 15 is 0 Å². The molecule has 0 atom stereocenters. The fourth-order valence-corrected chi connectivity index (χ4v) is 2.77. The van der Waals surface area contributed by atoms with Gasteiger partial charge in [0.25, 0.3) is 0 Å². The third kappa shape index (κ3) is 5.77. The van der Waals surface area contributed by atoms with Gasteiger partial charge in [-0.05, 0) is 30.2 Å². The number of amides is 2. The molecule has 2 aromatic carbocycles. The second-order valence-corrected chi connectivity index (χ2v) is 6.92. The minimum atomic E-state index is -3.68. The third-order valence-corrected chi connectivity index (χ3v) is 4.51. The van der Waals surface area contributed by atoms with E-state index in [0.29, 0.717) is 19.5 Å². The van der Waals surface area contributed by atoms with Crippen molar-refractivity contribution in [3.63, 3.8) is 0 Å². The summed E-state index contributed by atoms with van der Waals surface area (Å²) in [6.07, 6.45) is 0.576. The van der Waals surface area contributed by atoms with E-state index in [1.54, 1.807) is 19.2 Å². The Morgan fingerprint density at radius 1 is 1.08 bits per heavy atom. The minimum Gasteiger partial charge on any atom is -0.496 e. The van der Waals surface area contributed by atoms with Gasteiger partial charge in [-0.2, -0.15) is 0 Å². The Labute approximate surface area is 147 Å². The van der Waals surface area contributed by atoms with Gasteiger partial charge in [0.2, 0.25) is 10.0 Å². The minimum absolute atomic E-state index is 0.0683. The Bertz CT molecular complexity index is 820. The highest BCUT2D eigenvalue weighted by Crippen LogP contribution is 2.16. The number of nitrogens with two attached hydrogens (primary N) is 1. The first kappa shape index (κ1) is 18.8. The highest BCUT2D eigenvalue weighted by Gasteiger charge is 2.07. The standard InChI is InChI=1S/C17H21N3O4S/c1-24-16-5-3-2-4-14(16)12-20-17(21)19-11-10-13-6-8-15(9-7-13)25(18,22)23/h2-9H,10-12H2,1H3,(H2,18,22,23)(H2,19,20,21). The van der Waals surface area contributed by atoms with E-state index in [1.165, 1.54) is 12.1 Å². The molecular formula is C17H21N3O4S. The maximum atomic E-state index is 11.8. The lowest BCUT2D eigenvalue weighted by Gasteiger charge is -2.10. The summed E-state index contributed by atoms with van der Waals surface area (Å²) in [6, 6.07) is 13.4. The van der Waals surface area contributed by atoms with Gasteiger partial charge in [0.05, 0.1) is 12.0 Å². The Balaban J connectivity index is 1.77. The fraction of sp³-hybridized carbons (Fsp3) is 0.235. The van der Waals surface area contributed by atoms with Crippen molar-refractivity contribution < 1.29 is 17.9 Å². The van der Waals surface area contributed by atoms with Crippen LogP contribution in [0, 0.1) is 0 Å². The lowest BCUT2D eigenvalue weighted by atomic mass is 10.1. The third-order valence-electron chi connectivity index (χ3n) is 3.58. The van der Waals surface area contributed by atoms with Gasteiger partial charge in [0, 0.05) is 18.7 Å². The number of ether oxygens (including phenoxy) is 1. The molecule has 4 N–H and O–H groups in total. The largest absolute Gasteiger partial charge is 0.496 e. The number of methoxy groups -OCH3 is 1. The molecular weight excluding hydrogens is 342 g/mol. The van der Waals surface area contributed by atoms with Gasteiger partial charge in [-0.3, -0.25) is 0 Å². The summed E-state index contributed by atoms with van der Waals surface area (Å²) in [7, 11) is -2.10. The van der Waals surface area contributed by atoms with E-state index in [-0.39, 0.29) is 10.9 Å². The van der Waals surface area contributed by atoms with Crippen LogP contribution in [0.2, 0.25) is 0 Å². The number of primary sulfonamides is 1. The molecule has 0 aromatic heterocycles. The van der Waals surface area contributed by atoms with Gasteiger partial charge in [0.1, 0.15) is 5.75 Å². The molecule has 2 aromatic rings. The van der Waals surface area contributed by atoms with Gasteiger partial charge >= 0.3 is 6.03 Å². The molecule has 0 spiro atoms. The summed E-state index contributed by atoms with van der Waals surface area (Å²) in [5, 5.41) is 10.6. The molecule has 0 aliphatic rings. The van der Waals surface area contributed by atoms with E-state index in [9.17, 15) is 13.2 Å². The molecule has 0 bridgehead atoms. The molecule has 134 valence electrons. The Morgan fingerprint density at radius 3 is 2.40 bits per heavy atom. The molecule has 0 unspecified atom stereocenters. The van der Waals surface area contributed by atoms with Crippen LogP contribution in [-0.4, -0.2) is 28.1 Å². The number of urea groups is 1. The monoisotopic (exact) mass is 363 g/mol. The smallest absolute Gasteiger partial charge is 0.315 e. The lowest BCUT2D eigenvalue weighted by molar-refractivity contribution is 0.240. The maximum absolute atomic E-state index is 11.8. The first-order valence-corrected chi connectivity index (χ1v) is 9.20. The van der Waals surface area contributed by atoms with Crippen molar-refractivity contribution in [1.82, 2.24) is 10.6 Å². The number of benzene rings is 2. The first-order chi connectivity index (χ1) is 11.9. The Hall–Kier alpha value is -2.58. The average Bonchev–Trinajstić information content (AvgIpc) is 2.60. The van der Waals surface area contributed by atoms with Crippen molar-refractivity contribution in [3.05, 3.63) is 59.7 Å². The van der Waals surface area contributed by atoms with E-state index in [2.05, 4.69) is 10.6 Å². The number of hydrogen-bond acceptors (Lipinski definition) is 4. The van der Waals surface area contributed by atoms with Crippen LogP contribution < -0.4 is 20.5 Å². The zero-order chi connectivity index (χ0) is 18.3. The molecule has 0 fully saturated rings. The average molecular weight is 363 g/mol. The Kier molecular flexibility index (Phi) is 6.37. The molecule has 25 heavy (non-hydrogen) atoms. The molecule has 0 saturated heterocycles. The number of sulfonamides is 1. The zero-order valence-corrected chi connectivity index (χ0v) is 14.7. The van der Waals surface area contributed by atoms with E-state index in [0.717, 1.165) is 16.9 Å². The number of hydrogen-bond donors (Lipinski definition) is 3. The second-order valence-electron chi connectivity index (χ2n) is 5.36. The van der Waals surface area contributed by atoms with Gasteiger partial charge in [-0.25, -0.2) is 18.4 Å². The first-order valence-electron chi connectivity index (χ1n) is 7.65. The summed E-state index contributed by atoms with van der Waals surface area (Å²) >= 11 is 0. The zero-order valence-electron chi connectivity index (χ0n) is 13.9. The summed E-state index contributed by atoms with van der Waals surface area (Å²) in [5.41, 5.74) is 1.79. The molecule has 7 nitrogen and oxygen atoms in total. The van der Waals surface area contributed by atoms with Crippen LogP contribution in [0.15, 0.2) is 53.4 Å². The number of carbonyl (C=O) groups excluding carboxylic acids is 1. The predicted molar refractivity (Wildman–Crippen MR) is 94.8 cm³/mol. The van der Waals surface area contributed by atoms with Crippen LogP contribution in [0.5, 0.6) is 5.75 Å². The summed E-state index contributed by atoms with van der Waals surface area (Å²) in [5.74, 6) is 0.720. The normalized spacial score (nSPS) is 11.0. The number of para-hydroxylation sites is 1. The van der Waals surface area contributed by atoms with Crippen molar-refractivity contribution in [2.45, 2.75) is 17.9 Å². The van der Waals surface area contributed by atoms with Crippen LogP contribution in [-0.2, 0) is 23.0 Å². The van der Waals surface area contributed by atoms with E-state index < -0.39 is 10.0 Å². The molecule has 0 radical (unpaired) electrons. The maximum Gasteiger partial charge on any atom is 0.315 e. The quantitative estimate of drug-likeness (QED) is 0.690. The van der Waals surface area contributed by atoms with Gasteiger partial charge in [-0.1, -0.05) is 30.3 Å². The Morgan fingerprint density at radius 2 is 1.76 bits per heavy atom. The number of carbonyl (C=O) groups is 1. The highest BCUT2D eigenvalue weighted by molar-refractivity contribution is 7.89. The predicted octanol–water partition coefficient (Wildman–Crippen LogP) is 1.38. The van der Waals surface area contributed by atoms with Crippen molar-refractivity contribution in [3.8, 4) is 5.75 Å². The van der Waals surface area contributed by atoms with Crippen molar-refractivity contribution in [2.24, 2.45) is 5.14 Å². The van der Waals surface area contributed by atoms with Crippen LogP contribution in [0.4, 0.5) is 4.79 Å². The molecule has 0 aliphatic carbocycles. The van der Waals surface area contributed by atoms with Crippen LogP contribution in [0.25, 0.3) is 0 Å². The van der Waals surface area contributed by atoms with Crippen LogP contribution in [0.3, 0.4) is 0 Å². The van der Waals surface area contributed by atoms with Crippen LogP contribution >= 0.6 is 0 Å². The SMILES string of the molecule is COc1ccccc1CNC(=O)NCCc1ccc(S(N)(=O)=O)cc1. The lowest BCUT2D eigenvalue weighted by Crippen LogP contribution is -2.36. The summed E-state index contributed by atoms with van der Waals surface area (Å²) < 4.78 is 27.6. The molecule has 0 saturated carbocycles. The van der Waals surface area contributed by atoms with Crippen LogP contribution in [0.1, 0.15) is 11.1 Å². The summed E-state index contributed by atoms with van der Waals surface area (Å²) in [4.78, 5) is 11.9. The summed E-state index contributed by atoms with van der Waals surface area (Å²) in [6.45, 7) is 0.783. The second kappa shape index (κ2) is 8.50. The number of rotatable bonds is 7. The van der Waals surface area contributed by atoms with E-state index in [4.69, 9.17) is 9.88 Å². The highest BCUT2D eigenvalue weighted by atomic mass is 32.2. The molecule has 0 heterocycles. The molecule has 8 heteroatoms. The van der Waals surface area contributed by atoms with Crippen molar-refractivity contribution in [1.29, 1.82) is 0 Å². The molecule has 2 amide bonds. The van der Waals surface area contributed by atoms with Gasteiger partial charge < -0.3 is 15.4 Å². The van der Waals surface area contributed by atoms with Gasteiger partial charge in [0.15, 0.2) is 0 Å². The van der Waals surface area contributed by atoms with E-state index in [1.807, 2.05) is 24.3 Å². The van der Waals surface area contributed by atoms with Crippen molar-refractivity contribution >= 4 is 16.1 Å². The van der Waals surface area contributed by atoms with Gasteiger partial charge in [-0.15, -0.1) is 0 Å². The topological polar surface area (TPSA) is 111 Å². The number of nitrogens with one attached hydrogen (secondary N) is 2. The van der Waals surface area contributed by atoms with Crippen molar-refractivity contribution in [2.75, 3.05) is 13.7 Å². The fourth-order valence-electron chi connectivity index (χ4n) is 2.25. The molecule has 0 aliphatic heterocycles. The molecule has 2 rings (SSSR count).